The largest absolute Gasteiger partial charge is 0.388 e. The third-order valence-corrected chi connectivity index (χ3v) is 2.24. The minimum atomic E-state index is -0.391. The number of rotatable bonds is 1. The van der Waals surface area contributed by atoms with Gasteiger partial charge in [0, 0.05) is 12.4 Å². The Balaban J connectivity index is 2.24. The van der Waals surface area contributed by atoms with Crippen LogP contribution in [0.25, 0.3) is 0 Å². The van der Waals surface area contributed by atoms with E-state index in [0.717, 1.165) is 5.82 Å². The minimum absolute atomic E-state index is 0.0486. The molecule has 0 aliphatic carbocycles. The second-order valence-corrected chi connectivity index (χ2v) is 3.05. The second kappa shape index (κ2) is 2.88. The molecular weight excluding hydrogens is 156 g/mol. The van der Waals surface area contributed by atoms with Crippen molar-refractivity contribution < 1.29 is 9.84 Å². The van der Waals surface area contributed by atoms with E-state index in [1.807, 2.05) is 17.7 Å². The monoisotopic (exact) mass is 168 g/mol. The number of aromatic nitrogens is 2. The Morgan fingerprint density at radius 3 is 3.00 bits per heavy atom. The maximum Gasteiger partial charge on any atom is 0.105 e. The smallest absolute Gasteiger partial charge is 0.105 e. The first-order valence-electron chi connectivity index (χ1n) is 4.04. The van der Waals surface area contributed by atoms with Crippen molar-refractivity contribution in [3.05, 3.63) is 18.2 Å². The Bertz CT molecular complexity index is 272. The van der Waals surface area contributed by atoms with E-state index in [0.29, 0.717) is 13.2 Å². The van der Waals surface area contributed by atoms with Gasteiger partial charge in [-0.05, 0) is 6.92 Å². The summed E-state index contributed by atoms with van der Waals surface area (Å²) in [6.07, 6.45) is 3.22. The van der Waals surface area contributed by atoms with Crippen molar-refractivity contribution in [1.29, 1.82) is 0 Å². The summed E-state index contributed by atoms with van der Waals surface area (Å²) < 4.78 is 7.11. The van der Waals surface area contributed by atoms with Crippen LogP contribution in [0.1, 0.15) is 11.9 Å². The molecule has 1 N–H and O–H groups in total. The molecule has 0 radical (unpaired) electrons. The molecule has 0 saturated carbocycles. The summed E-state index contributed by atoms with van der Waals surface area (Å²) in [4.78, 5) is 4.09. The normalized spacial score (nSPS) is 29.5. The molecule has 0 bridgehead atoms. The third-order valence-electron chi connectivity index (χ3n) is 2.24. The van der Waals surface area contributed by atoms with Crippen LogP contribution in [0.15, 0.2) is 12.4 Å². The maximum absolute atomic E-state index is 9.51. The van der Waals surface area contributed by atoms with Gasteiger partial charge in [-0.3, -0.25) is 0 Å². The van der Waals surface area contributed by atoms with Gasteiger partial charge < -0.3 is 14.4 Å². The van der Waals surface area contributed by atoms with Crippen LogP contribution in [0.2, 0.25) is 0 Å². The van der Waals surface area contributed by atoms with Crippen LogP contribution >= 0.6 is 0 Å². The predicted octanol–water partition coefficient (Wildman–Crippen LogP) is 0.124. The molecule has 1 unspecified atom stereocenters. The zero-order chi connectivity index (χ0) is 8.55. The lowest BCUT2D eigenvalue weighted by Crippen LogP contribution is -2.22. The zero-order valence-electron chi connectivity index (χ0n) is 6.97. The van der Waals surface area contributed by atoms with E-state index in [9.17, 15) is 5.11 Å². The molecule has 1 aliphatic rings. The molecule has 0 spiro atoms. The topological polar surface area (TPSA) is 47.3 Å². The molecule has 2 rings (SSSR count). The van der Waals surface area contributed by atoms with Crippen LogP contribution in [0.3, 0.4) is 0 Å². The lowest BCUT2D eigenvalue weighted by atomic mass is 10.2. The highest BCUT2D eigenvalue weighted by Gasteiger charge is 2.28. The molecule has 1 aliphatic heterocycles. The first-order valence-corrected chi connectivity index (χ1v) is 4.04. The van der Waals surface area contributed by atoms with Gasteiger partial charge in [-0.25, -0.2) is 4.98 Å². The Morgan fingerprint density at radius 2 is 2.50 bits per heavy atom. The summed E-state index contributed by atoms with van der Waals surface area (Å²) in [6, 6.07) is 0.0486. The fraction of sp³-hybridized carbons (Fsp3) is 0.625. The SMILES string of the molecule is Cc1nccn1C1COC[C@H]1O. The number of aliphatic hydroxyl groups excluding tert-OH is 1. The van der Waals surface area contributed by atoms with E-state index in [4.69, 9.17) is 4.74 Å². The summed E-state index contributed by atoms with van der Waals surface area (Å²) in [5.74, 6) is 0.921. The summed E-state index contributed by atoms with van der Waals surface area (Å²) in [6.45, 7) is 2.94. The van der Waals surface area contributed by atoms with Gasteiger partial charge in [0.25, 0.3) is 0 Å². The molecule has 0 amide bonds. The standard InChI is InChI=1S/C8H12N2O2/c1-6-9-2-3-10(6)7-4-12-5-8(7)11/h2-3,7-8,11H,4-5H2,1H3/t7?,8-/m1/s1. The fourth-order valence-corrected chi connectivity index (χ4v) is 1.54. The highest BCUT2D eigenvalue weighted by molar-refractivity contribution is 4.95. The van der Waals surface area contributed by atoms with E-state index >= 15 is 0 Å². The molecule has 4 nitrogen and oxygen atoms in total. The van der Waals surface area contributed by atoms with Crippen LogP contribution in [0.5, 0.6) is 0 Å². The highest BCUT2D eigenvalue weighted by Crippen LogP contribution is 2.20. The number of nitrogens with zero attached hydrogens (tertiary/aromatic N) is 2. The molecule has 12 heavy (non-hydrogen) atoms. The quantitative estimate of drug-likeness (QED) is 0.648. The van der Waals surface area contributed by atoms with E-state index in [1.165, 1.54) is 0 Å². The summed E-state index contributed by atoms with van der Waals surface area (Å²) in [7, 11) is 0. The molecule has 0 aromatic carbocycles. The Morgan fingerprint density at radius 1 is 1.67 bits per heavy atom. The van der Waals surface area contributed by atoms with Crippen molar-refractivity contribution >= 4 is 0 Å². The third kappa shape index (κ3) is 1.13. The van der Waals surface area contributed by atoms with Crippen LogP contribution in [-0.2, 0) is 4.74 Å². The first-order chi connectivity index (χ1) is 5.79. The van der Waals surface area contributed by atoms with Gasteiger partial charge in [0.1, 0.15) is 11.9 Å². The van der Waals surface area contributed by atoms with Gasteiger partial charge in [-0.2, -0.15) is 0 Å². The van der Waals surface area contributed by atoms with Crippen molar-refractivity contribution in [1.82, 2.24) is 9.55 Å². The average Bonchev–Trinajstić information content (AvgIpc) is 2.59. The summed E-state index contributed by atoms with van der Waals surface area (Å²) >= 11 is 0. The van der Waals surface area contributed by atoms with Crippen LogP contribution in [0.4, 0.5) is 0 Å². The molecule has 1 aromatic heterocycles. The molecule has 2 atom stereocenters. The van der Waals surface area contributed by atoms with Crippen LogP contribution in [-0.4, -0.2) is 34.0 Å². The Labute approximate surface area is 70.8 Å². The number of ether oxygens (including phenoxy) is 1. The van der Waals surface area contributed by atoms with Gasteiger partial charge in [0.15, 0.2) is 0 Å². The minimum Gasteiger partial charge on any atom is -0.388 e. The fourth-order valence-electron chi connectivity index (χ4n) is 1.54. The van der Waals surface area contributed by atoms with Gasteiger partial charge in [0.05, 0.1) is 19.3 Å². The van der Waals surface area contributed by atoms with Crippen molar-refractivity contribution in [2.45, 2.75) is 19.1 Å². The maximum atomic E-state index is 9.51. The van der Waals surface area contributed by atoms with E-state index in [1.54, 1.807) is 6.20 Å². The van der Waals surface area contributed by atoms with E-state index < -0.39 is 6.10 Å². The van der Waals surface area contributed by atoms with E-state index in [-0.39, 0.29) is 6.04 Å². The Kier molecular flexibility index (Phi) is 1.86. The molecule has 4 heteroatoms. The van der Waals surface area contributed by atoms with Crippen molar-refractivity contribution in [2.24, 2.45) is 0 Å². The Hall–Kier alpha value is -0.870. The predicted molar refractivity (Wildman–Crippen MR) is 42.8 cm³/mol. The van der Waals surface area contributed by atoms with Gasteiger partial charge in [0.2, 0.25) is 0 Å². The summed E-state index contributed by atoms with van der Waals surface area (Å²) in [5.41, 5.74) is 0. The van der Waals surface area contributed by atoms with Gasteiger partial charge in [-0.1, -0.05) is 0 Å². The van der Waals surface area contributed by atoms with Crippen molar-refractivity contribution in [3.8, 4) is 0 Å². The number of hydrogen-bond acceptors (Lipinski definition) is 3. The molecule has 1 fully saturated rings. The zero-order valence-corrected chi connectivity index (χ0v) is 6.97. The molecular formula is C8H12N2O2. The van der Waals surface area contributed by atoms with Gasteiger partial charge >= 0.3 is 0 Å². The lowest BCUT2D eigenvalue weighted by Gasteiger charge is -2.15. The first kappa shape index (κ1) is 7.76. The van der Waals surface area contributed by atoms with Crippen LogP contribution in [0, 0.1) is 6.92 Å². The summed E-state index contributed by atoms with van der Waals surface area (Å²) in [5, 5.41) is 9.51. The van der Waals surface area contributed by atoms with E-state index in [2.05, 4.69) is 4.98 Å². The molecule has 1 saturated heterocycles. The average molecular weight is 168 g/mol. The molecule has 2 heterocycles. The van der Waals surface area contributed by atoms with Crippen molar-refractivity contribution in [3.63, 3.8) is 0 Å². The second-order valence-electron chi connectivity index (χ2n) is 3.05. The van der Waals surface area contributed by atoms with Gasteiger partial charge in [-0.15, -0.1) is 0 Å². The number of aryl methyl sites for hydroxylation is 1. The lowest BCUT2D eigenvalue weighted by molar-refractivity contribution is 0.119. The van der Waals surface area contributed by atoms with Crippen molar-refractivity contribution in [2.75, 3.05) is 13.2 Å². The van der Waals surface area contributed by atoms with Crippen LogP contribution < -0.4 is 0 Å². The molecule has 1 aromatic rings. The number of imidazole rings is 1. The number of hydrogen-bond donors (Lipinski definition) is 1. The highest BCUT2D eigenvalue weighted by atomic mass is 16.5. The number of aliphatic hydroxyl groups is 1. The molecule has 66 valence electrons.